The van der Waals surface area contributed by atoms with Crippen molar-refractivity contribution in [2.75, 3.05) is 30.5 Å². The Morgan fingerprint density at radius 1 is 1.06 bits per heavy atom. The number of pyridine rings is 1. The van der Waals surface area contributed by atoms with Gasteiger partial charge in [0.1, 0.15) is 27.6 Å². The molecule has 0 bridgehead atoms. The van der Waals surface area contributed by atoms with E-state index in [9.17, 15) is 23.1 Å². The van der Waals surface area contributed by atoms with Crippen LogP contribution in [-0.4, -0.2) is 69.3 Å². The van der Waals surface area contributed by atoms with Crippen molar-refractivity contribution in [1.29, 1.82) is 0 Å². The number of thiophene rings is 1. The Morgan fingerprint density at radius 2 is 1.77 bits per heavy atom. The fourth-order valence-electron chi connectivity index (χ4n) is 6.34. The standard InChI is InChI=1S/C35H45N5O6S2/c1-24(30-13-14-31(47-30)27-12-8-7-11-26(27)22-39(2)35(43)44)38-32-29-21-28(25-15-19-48(45,46)20-16-25)34(42)40(33(29)37-23-36-32)17-9-5-3-4-6-10-18-41/h7-8,11-14,21,23-25,41H,3-6,9-10,15-20,22H2,1-2H3,(H,43,44)(H,36,37,38)/t24-/m1/s1. The Bertz CT molecular complexity index is 1880. The second-order valence-electron chi connectivity index (χ2n) is 12.7. The average molecular weight is 696 g/mol. The number of carboxylic acid groups (broad SMARTS) is 1. The largest absolute Gasteiger partial charge is 0.465 e. The Balaban J connectivity index is 1.42. The molecule has 11 nitrogen and oxygen atoms in total. The molecule has 0 saturated carbocycles. The summed E-state index contributed by atoms with van der Waals surface area (Å²) < 4.78 is 26.2. The third-order valence-corrected chi connectivity index (χ3v) is 12.1. The van der Waals surface area contributed by atoms with Crippen molar-refractivity contribution in [1.82, 2.24) is 19.4 Å². The van der Waals surface area contributed by atoms with Crippen LogP contribution < -0.4 is 10.9 Å². The van der Waals surface area contributed by atoms with Crippen molar-refractivity contribution in [2.24, 2.45) is 0 Å². The van der Waals surface area contributed by atoms with Gasteiger partial charge in [0.2, 0.25) is 0 Å². The molecule has 48 heavy (non-hydrogen) atoms. The van der Waals surface area contributed by atoms with Crippen LogP contribution in [-0.2, 0) is 22.9 Å². The molecule has 0 spiro atoms. The molecule has 3 aromatic heterocycles. The normalized spacial score (nSPS) is 15.4. The number of carbonyl (C=O) groups is 1. The number of aryl methyl sites for hydroxylation is 1. The fraction of sp³-hybridized carbons (Fsp3) is 0.486. The summed E-state index contributed by atoms with van der Waals surface area (Å²) in [5, 5.41) is 22.7. The summed E-state index contributed by atoms with van der Waals surface area (Å²) in [5.74, 6) is 0.605. The van der Waals surface area contributed by atoms with Crippen molar-refractivity contribution in [3.8, 4) is 10.4 Å². The van der Waals surface area contributed by atoms with E-state index in [4.69, 9.17) is 5.11 Å². The number of anilines is 1. The van der Waals surface area contributed by atoms with E-state index in [1.54, 1.807) is 23.0 Å². The van der Waals surface area contributed by atoms with Crippen LogP contribution in [0.25, 0.3) is 21.5 Å². The molecule has 13 heteroatoms. The minimum absolute atomic E-state index is 0.0762. The van der Waals surface area contributed by atoms with E-state index in [0.29, 0.717) is 36.4 Å². The number of unbranched alkanes of at least 4 members (excludes halogenated alkanes) is 5. The zero-order valence-corrected chi connectivity index (χ0v) is 29.2. The molecule has 1 fully saturated rings. The Labute approximate surface area is 285 Å². The fourth-order valence-corrected chi connectivity index (χ4v) is 8.90. The van der Waals surface area contributed by atoms with Crippen molar-refractivity contribution in [3.63, 3.8) is 0 Å². The number of rotatable bonds is 15. The van der Waals surface area contributed by atoms with E-state index >= 15 is 0 Å². The number of nitrogens with zero attached hydrogens (tertiary/aromatic N) is 4. The van der Waals surface area contributed by atoms with Gasteiger partial charge >= 0.3 is 6.09 Å². The van der Waals surface area contributed by atoms with Gasteiger partial charge in [-0.3, -0.25) is 9.36 Å². The van der Waals surface area contributed by atoms with Crippen LogP contribution in [0.2, 0.25) is 0 Å². The highest BCUT2D eigenvalue weighted by molar-refractivity contribution is 7.91. The second-order valence-corrected chi connectivity index (χ2v) is 16.1. The van der Waals surface area contributed by atoms with Crippen molar-refractivity contribution < 1.29 is 23.4 Å². The summed E-state index contributed by atoms with van der Waals surface area (Å²) in [6.07, 6.45) is 6.94. The minimum atomic E-state index is -3.09. The quantitative estimate of drug-likeness (QED) is 0.119. The van der Waals surface area contributed by atoms with E-state index in [0.717, 1.165) is 64.8 Å². The molecule has 0 unspecified atom stereocenters. The third-order valence-electron chi connectivity index (χ3n) is 9.12. The lowest BCUT2D eigenvalue weighted by Crippen LogP contribution is -2.30. The zero-order chi connectivity index (χ0) is 34.3. The first-order chi connectivity index (χ1) is 23.1. The number of sulfone groups is 1. The van der Waals surface area contributed by atoms with Gasteiger partial charge in [-0.05, 0) is 67.9 Å². The minimum Gasteiger partial charge on any atom is -0.465 e. The number of nitrogens with one attached hydrogen (secondary N) is 1. The summed E-state index contributed by atoms with van der Waals surface area (Å²) in [6.45, 7) is 3.04. The lowest BCUT2D eigenvalue weighted by Gasteiger charge is -2.24. The van der Waals surface area contributed by atoms with Gasteiger partial charge < -0.3 is 20.4 Å². The van der Waals surface area contributed by atoms with Gasteiger partial charge in [0.05, 0.1) is 22.9 Å². The Kier molecular flexibility index (Phi) is 11.9. The molecule has 1 atom stereocenters. The Morgan fingerprint density at radius 3 is 2.50 bits per heavy atom. The maximum absolute atomic E-state index is 13.9. The van der Waals surface area contributed by atoms with Crippen molar-refractivity contribution >= 4 is 44.1 Å². The monoisotopic (exact) mass is 695 g/mol. The first-order valence-electron chi connectivity index (χ1n) is 16.7. The molecule has 5 rings (SSSR count). The molecular weight excluding hydrogens is 651 g/mol. The molecule has 1 amide bonds. The van der Waals surface area contributed by atoms with Crippen LogP contribution in [0.1, 0.15) is 86.3 Å². The average Bonchev–Trinajstić information content (AvgIpc) is 3.56. The van der Waals surface area contributed by atoms with Gasteiger partial charge in [-0.2, -0.15) is 0 Å². The number of hydrogen-bond acceptors (Lipinski definition) is 9. The van der Waals surface area contributed by atoms with E-state index in [1.807, 2.05) is 43.3 Å². The lowest BCUT2D eigenvalue weighted by molar-refractivity contribution is 0.154. The molecule has 0 radical (unpaired) electrons. The molecular formula is C35H45N5O6S2. The van der Waals surface area contributed by atoms with E-state index in [-0.39, 0.29) is 42.2 Å². The predicted molar refractivity (Wildman–Crippen MR) is 190 cm³/mol. The van der Waals surface area contributed by atoms with Gasteiger partial charge in [-0.1, -0.05) is 49.9 Å². The molecule has 4 heterocycles. The van der Waals surface area contributed by atoms with Crippen LogP contribution in [0.4, 0.5) is 10.6 Å². The maximum Gasteiger partial charge on any atom is 0.407 e. The highest BCUT2D eigenvalue weighted by Gasteiger charge is 2.28. The van der Waals surface area contributed by atoms with E-state index < -0.39 is 15.9 Å². The van der Waals surface area contributed by atoms with Crippen LogP contribution in [0.3, 0.4) is 0 Å². The topological polar surface area (TPSA) is 155 Å². The molecule has 1 aliphatic heterocycles. The molecule has 258 valence electrons. The number of aromatic nitrogens is 3. The SMILES string of the molecule is C[C@@H](Nc1ncnc2c1cc(C1CCS(=O)(=O)CC1)c(=O)n2CCCCCCCCO)c1ccc(-c2ccccc2CN(C)C(=O)O)s1. The number of hydrogen-bond donors (Lipinski definition) is 3. The number of amides is 1. The van der Waals surface area contributed by atoms with Crippen molar-refractivity contribution in [3.05, 3.63) is 75.1 Å². The van der Waals surface area contributed by atoms with Gasteiger partial charge in [-0.15, -0.1) is 11.3 Å². The number of aliphatic hydroxyl groups excluding tert-OH is 1. The van der Waals surface area contributed by atoms with Gasteiger partial charge in [0.25, 0.3) is 5.56 Å². The summed E-state index contributed by atoms with van der Waals surface area (Å²) in [4.78, 5) is 37.9. The molecule has 1 saturated heterocycles. The summed E-state index contributed by atoms with van der Waals surface area (Å²) >= 11 is 1.62. The van der Waals surface area contributed by atoms with Crippen LogP contribution in [0, 0.1) is 0 Å². The Hall–Kier alpha value is -3.81. The number of aliphatic hydroxyl groups is 1. The molecule has 1 aromatic carbocycles. The van der Waals surface area contributed by atoms with Crippen molar-refractivity contribution in [2.45, 2.75) is 83.3 Å². The smallest absolute Gasteiger partial charge is 0.407 e. The lowest BCUT2D eigenvalue weighted by atomic mass is 9.93. The highest BCUT2D eigenvalue weighted by Crippen LogP contribution is 2.36. The van der Waals surface area contributed by atoms with Crippen LogP contribution >= 0.6 is 11.3 Å². The summed E-state index contributed by atoms with van der Waals surface area (Å²) in [5.41, 5.74) is 2.97. The molecule has 1 aliphatic rings. The maximum atomic E-state index is 13.9. The molecule has 4 aromatic rings. The van der Waals surface area contributed by atoms with Gasteiger partial charge in [0.15, 0.2) is 0 Å². The first kappa shape index (κ1) is 35.5. The summed E-state index contributed by atoms with van der Waals surface area (Å²) in [7, 11) is -1.54. The second kappa shape index (κ2) is 16.1. The number of benzene rings is 1. The molecule has 0 aliphatic carbocycles. The van der Waals surface area contributed by atoms with Crippen LogP contribution in [0.5, 0.6) is 0 Å². The van der Waals surface area contributed by atoms with Gasteiger partial charge in [0, 0.05) is 42.1 Å². The highest BCUT2D eigenvalue weighted by atomic mass is 32.2. The van der Waals surface area contributed by atoms with Crippen LogP contribution in [0.15, 0.2) is 53.6 Å². The zero-order valence-electron chi connectivity index (χ0n) is 27.6. The third kappa shape index (κ3) is 8.61. The predicted octanol–water partition coefficient (Wildman–Crippen LogP) is 6.43. The number of fused-ring (bicyclic) bond motifs is 1. The first-order valence-corrected chi connectivity index (χ1v) is 19.3. The van der Waals surface area contributed by atoms with E-state index in [1.165, 1.54) is 11.2 Å². The summed E-state index contributed by atoms with van der Waals surface area (Å²) in [6, 6.07) is 13.6. The molecule has 3 N–H and O–H groups in total. The van der Waals surface area contributed by atoms with E-state index in [2.05, 4.69) is 21.4 Å². The van der Waals surface area contributed by atoms with Gasteiger partial charge in [-0.25, -0.2) is 23.2 Å².